The fourth-order valence-electron chi connectivity index (χ4n) is 5.31. The van der Waals surface area contributed by atoms with Gasteiger partial charge in [-0.2, -0.15) is 0 Å². The van der Waals surface area contributed by atoms with Gasteiger partial charge in [-0.15, -0.1) is 0 Å². The molecule has 2 aliphatic heterocycles. The van der Waals surface area contributed by atoms with E-state index in [0.29, 0.717) is 48.6 Å². The highest BCUT2D eigenvalue weighted by Crippen LogP contribution is 2.36. The van der Waals surface area contributed by atoms with Gasteiger partial charge in [0.25, 0.3) is 0 Å². The highest BCUT2D eigenvalue weighted by atomic mass is 35.5. The van der Waals surface area contributed by atoms with E-state index in [1.165, 1.54) is 24.8 Å². The van der Waals surface area contributed by atoms with E-state index in [9.17, 15) is 9.90 Å². The number of unbranched alkanes of at least 4 members (excludes halogenated alkanes) is 2. The number of halogens is 1. The van der Waals surface area contributed by atoms with Crippen LogP contribution in [-0.2, 0) is 22.4 Å². The molecule has 1 saturated heterocycles. The second-order valence-electron chi connectivity index (χ2n) is 10.6. The van der Waals surface area contributed by atoms with Gasteiger partial charge in [0.1, 0.15) is 17.6 Å². The largest absolute Gasteiger partial charge is 0.493 e. The highest BCUT2D eigenvalue weighted by molar-refractivity contribution is 6.30. The number of ether oxygens (including phenoxy) is 2. The fraction of sp³-hybridized carbons (Fsp3) is 0.586. The molecule has 0 radical (unpaired) electrons. The van der Waals surface area contributed by atoms with Crippen LogP contribution in [-0.4, -0.2) is 59.9 Å². The Bertz CT molecular complexity index is 1080. The molecule has 0 unspecified atom stereocenters. The van der Waals surface area contributed by atoms with Crippen LogP contribution in [0.4, 0.5) is 5.82 Å². The lowest BCUT2D eigenvalue weighted by Gasteiger charge is -2.26. The number of carboxylic acid groups (broad SMARTS) is 1. The molecule has 0 bridgehead atoms. The van der Waals surface area contributed by atoms with Gasteiger partial charge in [-0.3, -0.25) is 9.69 Å². The van der Waals surface area contributed by atoms with Crippen LogP contribution in [0, 0.1) is 5.92 Å². The lowest BCUT2D eigenvalue weighted by Crippen LogP contribution is -2.34. The molecule has 7 nitrogen and oxygen atoms in total. The van der Waals surface area contributed by atoms with Gasteiger partial charge < -0.3 is 19.9 Å². The summed E-state index contributed by atoms with van der Waals surface area (Å²) in [7, 11) is 0. The zero-order valence-electron chi connectivity index (χ0n) is 21.5. The van der Waals surface area contributed by atoms with Crippen LogP contribution in [0.25, 0.3) is 0 Å². The van der Waals surface area contributed by atoms with Crippen molar-refractivity contribution in [3.05, 3.63) is 52.2 Å². The van der Waals surface area contributed by atoms with Gasteiger partial charge in [0, 0.05) is 42.5 Å². The van der Waals surface area contributed by atoms with Gasteiger partial charge in [-0.05, 0) is 87.1 Å². The predicted octanol–water partition coefficient (Wildman–Crippen LogP) is 5.51. The number of aromatic nitrogens is 1. The molecule has 1 aromatic carbocycles. The van der Waals surface area contributed by atoms with Crippen LogP contribution in [0.2, 0.25) is 5.02 Å². The minimum absolute atomic E-state index is 0.0465. The van der Waals surface area contributed by atoms with Crippen molar-refractivity contribution in [1.29, 1.82) is 0 Å². The standard InChI is InChI=1S/C29H38ClN3O4/c30-22-10-12-26(37-19-20-7-8-20)25(17-22)27(29(34)35)33-15-13-24(18-33)36-16-3-1-2-6-23-11-9-21-5-4-14-31-28(21)32-23/h9-12,17,20,24,27H,1-8,13-16,18-19H2,(H,31,32)(H,34,35)/t24-,27-/m1/s1. The number of rotatable bonds is 13. The van der Waals surface area contributed by atoms with E-state index in [-0.39, 0.29) is 6.10 Å². The van der Waals surface area contributed by atoms with Gasteiger partial charge in [0.2, 0.25) is 0 Å². The van der Waals surface area contributed by atoms with Crippen molar-refractivity contribution in [2.45, 2.75) is 69.9 Å². The molecule has 2 aromatic rings. The molecular weight excluding hydrogens is 490 g/mol. The Morgan fingerprint density at radius 2 is 2.08 bits per heavy atom. The predicted molar refractivity (Wildman–Crippen MR) is 145 cm³/mol. The number of likely N-dealkylation sites (tertiary alicyclic amines) is 1. The summed E-state index contributed by atoms with van der Waals surface area (Å²) in [6, 6.07) is 8.90. The molecule has 5 rings (SSSR count). The topological polar surface area (TPSA) is 83.9 Å². The second-order valence-corrected chi connectivity index (χ2v) is 11.0. The molecule has 0 amide bonds. The van der Waals surface area contributed by atoms with Crippen LogP contribution in [0.15, 0.2) is 30.3 Å². The number of carboxylic acids is 1. The third-order valence-electron chi connectivity index (χ3n) is 7.60. The molecule has 37 heavy (non-hydrogen) atoms. The van der Waals surface area contributed by atoms with Crippen molar-refractivity contribution >= 4 is 23.4 Å². The number of carbonyl (C=O) groups is 1. The summed E-state index contributed by atoms with van der Waals surface area (Å²) in [5, 5.41) is 14.1. The molecule has 3 aliphatic rings. The van der Waals surface area contributed by atoms with E-state index in [4.69, 9.17) is 26.1 Å². The number of hydrogen-bond acceptors (Lipinski definition) is 6. The first-order chi connectivity index (χ1) is 18.1. The van der Waals surface area contributed by atoms with Crippen molar-refractivity contribution in [2.75, 3.05) is 38.2 Å². The molecule has 2 fully saturated rings. The third-order valence-corrected chi connectivity index (χ3v) is 7.83. The lowest BCUT2D eigenvalue weighted by atomic mass is 10.0. The summed E-state index contributed by atoms with van der Waals surface area (Å²) in [5.74, 6) is 1.39. The Hall–Kier alpha value is -2.35. The average molecular weight is 528 g/mol. The Morgan fingerprint density at radius 3 is 2.92 bits per heavy atom. The van der Waals surface area contributed by atoms with Gasteiger partial charge in [-0.1, -0.05) is 24.1 Å². The van der Waals surface area contributed by atoms with E-state index >= 15 is 0 Å². The molecule has 1 aliphatic carbocycles. The number of fused-ring (bicyclic) bond motifs is 1. The second kappa shape index (κ2) is 12.5. The Kier molecular flexibility index (Phi) is 8.85. The maximum Gasteiger partial charge on any atom is 0.325 e. The number of nitrogens with one attached hydrogen (secondary N) is 1. The van der Waals surface area contributed by atoms with Gasteiger partial charge >= 0.3 is 5.97 Å². The fourth-order valence-corrected chi connectivity index (χ4v) is 5.49. The molecule has 2 N–H and O–H groups in total. The van der Waals surface area contributed by atoms with Crippen LogP contribution in [0.5, 0.6) is 5.75 Å². The zero-order valence-corrected chi connectivity index (χ0v) is 22.2. The summed E-state index contributed by atoms with van der Waals surface area (Å²) in [6.07, 6.45) is 9.69. The van der Waals surface area contributed by atoms with Crippen LogP contribution < -0.4 is 10.1 Å². The summed E-state index contributed by atoms with van der Waals surface area (Å²) < 4.78 is 12.2. The summed E-state index contributed by atoms with van der Waals surface area (Å²) >= 11 is 6.26. The highest BCUT2D eigenvalue weighted by Gasteiger charge is 2.36. The number of benzene rings is 1. The van der Waals surface area contributed by atoms with Crippen molar-refractivity contribution in [3.63, 3.8) is 0 Å². The van der Waals surface area contributed by atoms with Crippen molar-refractivity contribution in [2.24, 2.45) is 5.92 Å². The van der Waals surface area contributed by atoms with Crippen molar-refractivity contribution in [1.82, 2.24) is 9.88 Å². The molecular formula is C29H38ClN3O4. The van der Waals surface area contributed by atoms with E-state index in [1.54, 1.807) is 18.2 Å². The first-order valence-corrected chi connectivity index (χ1v) is 14.2. The quantitative estimate of drug-likeness (QED) is 0.332. The normalized spacial score (nSPS) is 20.3. The molecule has 8 heteroatoms. The number of nitrogens with zero attached hydrogens (tertiary/aromatic N) is 2. The molecule has 0 spiro atoms. The van der Waals surface area contributed by atoms with Gasteiger partial charge in [0.05, 0.1) is 12.7 Å². The minimum Gasteiger partial charge on any atom is -0.493 e. The summed E-state index contributed by atoms with van der Waals surface area (Å²) in [6.45, 7) is 3.61. The first-order valence-electron chi connectivity index (χ1n) is 13.8. The van der Waals surface area contributed by atoms with Crippen molar-refractivity contribution in [3.8, 4) is 5.75 Å². The Morgan fingerprint density at radius 1 is 1.19 bits per heavy atom. The number of pyridine rings is 1. The third kappa shape index (κ3) is 7.15. The smallest absolute Gasteiger partial charge is 0.325 e. The SMILES string of the molecule is O=C(O)[C@@H](c1cc(Cl)ccc1OCC1CC1)N1CC[C@@H](OCCCCCc2ccc3c(n2)NCCC3)C1. The van der Waals surface area contributed by atoms with Crippen molar-refractivity contribution < 1.29 is 19.4 Å². The van der Waals surface area contributed by atoms with Gasteiger partial charge in [0.15, 0.2) is 0 Å². The van der Waals surface area contributed by atoms with Crippen LogP contribution in [0.3, 0.4) is 0 Å². The average Bonchev–Trinajstić information content (AvgIpc) is 3.62. The summed E-state index contributed by atoms with van der Waals surface area (Å²) in [5.41, 5.74) is 3.12. The van der Waals surface area contributed by atoms with E-state index in [2.05, 4.69) is 17.4 Å². The number of anilines is 1. The molecule has 1 aromatic heterocycles. The molecule has 1 saturated carbocycles. The maximum atomic E-state index is 12.3. The minimum atomic E-state index is -0.884. The van der Waals surface area contributed by atoms with Gasteiger partial charge in [-0.25, -0.2) is 4.98 Å². The molecule has 200 valence electrons. The molecule has 2 atom stereocenters. The van der Waals surface area contributed by atoms with E-state index in [0.717, 1.165) is 56.6 Å². The number of aliphatic carboxylic acids is 1. The van der Waals surface area contributed by atoms with Crippen LogP contribution >= 0.6 is 11.6 Å². The Balaban J connectivity index is 1.06. The first kappa shape index (κ1) is 26.3. The maximum absolute atomic E-state index is 12.3. The lowest BCUT2D eigenvalue weighted by molar-refractivity contribution is -0.143. The molecule has 3 heterocycles. The van der Waals surface area contributed by atoms with Crippen LogP contribution in [0.1, 0.15) is 67.8 Å². The summed E-state index contributed by atoms with van der Waals surface area (Å²) in [4.78, 5) is 19.1. The zero-order chi connectivity index (χ0) is 25.6. The Labute approximate surface area is 224 Å². The van der Waals surface area contributed by atoms with E-state index in [1.807, 2.05) is 4.90 Å². The monoisotopic (exact) mass is 527 g/mol. The number of hydrogen-bond donors (Lipinski definition) is 2. The van der Waals surface area contributed by atoms with E-state index < -0.39 is 12.0 Å². The number of aryl methyl sites for hydroxylation is 2.